The number of hydrogen-bond acceptors (Lipinski definition) is 2. The second-order valence-electron chi connectivity index (χ2n) is 5.84. The standard InChI is InChI=1S/C14H18N2O2/c1-14(2,3)8-15-13(18)9-4-5-11-10(6-9)7-12(17)16-11/h4-6H,7-8H2,1-3H3,(H,15,18)(H,16,17). The lowest BCUT2D eigenvalue weighted by Gasteiger charge is -2.18. The summed E-state index contributed by atoms with van der Waals surface area (Å²) >= 11 is 0. The zero-order valence-electron chi connectivity index (χ0n) is 11.0. The average molecular weight is 246 g/mol. The van der Waals surface area contributed by atoms with E-state index < -0.39 is 0 Å². The van der Waals surface area contributed by atoms with Gasteiger partial charge < -0.3 is 10.6 Å². The maximum atomic E-state index is 12.0. The van der Waals surface area contributed by atoms with Crippen molar-refractivity contribution >= 4 is 17.5 Å². The zero-order chi connectivity index (χ0) is 13.3. The van der Waals surface area contributed by atoms with Crippen LogP contribution in [0.4, 0.5) is 5.69 Å². The third-order valence-corrected chi connectivity index (χ3v) is 2.77. The van der Waals surface area contributed by atoms with Gasteiger partial charge in [-0.3, -0.25) is 9.59 Å². The monoisotopic (exact) mass is 246 g/mol. The molecule has 0 aliphatic carbocycles. The van der Waals surface area contributed by atoms with Gasteiger partial charge in [0.2, 0.25) is 5.91 Å². The van der Waals surface area contributed by atoms with Gasteiger partial charge in [-0.2, -0.15) is 0 Å². The van der Waals surface area contributed by atoms with Gasteiger partial charge in [-0.05, 0) is 29.2 Å². The Balaban J connectivity index is 2.08. The van der Waals surface area contributed by atoms with Crippen LogP contribution in [0.1, 0.15) is 36.7 Å². The molecule has 1 heterocycles. The fourth-order valence-electron chi connectivity index (χ4n) is 1.82. The lowest BCUT2D eigenvalue weighted by molar-refractivity contribution is -0.115. The highest BCUT2D eigenvalue weighted by molar-refractivity contribution is 6.01. The van der Waals surface area contributed by atoms with Gasteiger partial charge in [-0.1, -0.05) is 20.8 Å². The van der Waals surface area contributed by atoms with Crippen LogP contribution in [0.5, 0.6) is 0 Å². The highest BCUT2D eigenvalue weighted by atomic mass is 16.2. The van der Waals surface area contributed by atoms with E-state index in [1.807, 2.05) is 0 Å². The molecule has 1 aliphatic rings. The van der Waals surface area contributed by atoms with Gasteiger partial charge in [-0.15, -0.1) is 0 Å². The number of nitrogens with one attached hydrogen (secondary N) is 2. The Kier molecular flexibility index (Phi) is 3.11. The van der Waals surface area contributed by atoms with E-state index in [0.29, 0.717) is 18.5 Å². The second-order valence-corrected chi connectivity index (χ2v) is 5.84. The second kappa shape index (κ2) is 4.44. The van der Waals surface area contributed by atoms with Crippen LogP contribution < -0.4 is 10.6 Å². The molecule has 0 radical (unpaired) electrons. The van der Waals surface area contributed by atoms with Crippen LogP contribution in [0, 0.1) is 5.41 Å². The first kappa shape index (κ1) is 12.6. The highest BCUT2D eigenvalue weighted by Crippen LogP contribution is 2.23. The number of fused-ring (bicyclic) bond motifs is 1. The Hall–Kier alpha value is -1.84. The molecule has 1 aliphatic heterocycles. The summed E-state index contributed by atoms with van der Waals surface area (Å²) in [4.78, 5) is 23.2. The predicted molar refractivity (Wildman–Crippen MR) is 70.6 cm³/mol. The molecule has 1 aromatic rings. The van der Waals surface area contributed by atoms with Gasteiger partial charge in [0.25, 0.3) is 5.91 Å². The van der Waals surface area contributed by atoms with Crippen molar-refractivity contribution in [1.29, 1.82) is 0 Å². The molecule has 2 N–H and O–H groups in total. The van der Waals surface area contributed by atoms with Gasteiger partial charge >= 0.3 is 0 Å². The Labute approximate surface area is 107 Å². The Morgan fingerprint density at radius 3 is 2.78 bits per heavy atom. The maximum absolute atomic E-state index is 12.0. The summed E-state index contributed by atoms with van der Waals surface area (Å²) in [6, 6.07) is 5.31. The van der Waals surface area contributed by atoms with Gasteiger partial charge in [0, 0.05) is 17.8 Å². The summed E-state index contributed by atoms with van der Waals surface area (Å²) in [5.74, 6) is -0.107. The number of carbonyl (C=O) groups is 2. The van der Waals surface area contributed by atoms with Gasteiger partial charge in [-0.25, -0.2) is 0 Å². The number of carbonyl (C=O) groups excluding carboxylic acids is 2. The number of anilines is 1. The topological polar surface area (TPSA) is 58.2 Å². The normalized spacial score (nSPS) is 14.1. The molecule has 0 fully saturated rings. The first-order chi connectivity index (χ1) is 8.35. The molecule has 2 amide bonds. The molecular formula is C14H18N2O2. The van der Waals surface area contributed by atoms with Crippen molar-refractivity contribution in [3.05, 3.63) is 29.3 Å². The fourth-order valence-corrected chi connectivity index (χ4v) is 1.82. The van der Waals surface area contributed by atoms with Gasteiger partial charge in [0.15, 0.2) is 0 Å². The minimum atomic E-state index is -0.0907. The number of amides is 2. The van der Waals surface area contributed by atoms with Crippen LogP contribution in [0.25, 0.3) is 0 Å². The molecule has 0 spiro atoms. The van der Waals surface area contributed by atoms with E-state index in [1.165, 1.54) is 0 Å². The van der Waals surface area contributed by atoms with Crippen LogP contribution in [-0.4, -0.2) is 18.4 Å². The molecule has 18 heavy (non-hydrogen) atoms. The third-order valence-electron chi connectivity index (χ3n) is 2.77. The lowest BCUT2D eigenvalue weighted by Crippen LogP contribution is -2.32. The summed E-state index contributed by atoms with van der Waals surface area (Å²) < 4.78 is 0. The molecule has 0 aromatic heterocycles. The Bertz CT molecular complexity index is 501. The van der Waals surface area contributed by atoms with Crippen molar-refractivity contribution in [1.82, 2.24) is 5.32 Å². The largest absolute Gasteiger partial charge is 0.352 e. The van der Waals surface area contributed by atoms with Crippen molar-refractivity contribution in [2.24, 2.45) is 5.41 Å². The quantitative estimate of drug-likeness (QED) is 0.838. The van der Waals surface area contributed by atoms with E-state index in [1.54, 1.807) is 18.2 Å². The summed E-state index contributed by atoms with van der Waals surface area (Å²) in [5.41, 5.74) is 2.37. The van der Waals surface area contributed by atoms with E-state index >= 15 is 0 Å². The van der Waals surface area contributed by atoms with Crippen LogP contribution >= 0.6 is 0 Å². The highest BCUT2D eigenvalue weighted by Gasteiger charge is 2.19. The first-order valence-corrected chi connectivity index (χ1v) is 6.06. The molecule has 2 rings (SSSR count). The minimum absolute atomic E-state index is 0.0164. The summed E-state index contributed by atoms with van der Waals surface area (Å²) in [6.45, 7) is 6.83. The van der Waals surface area contributed by atoms with E-state index in [0.717, 1.165) is 11.3 Å². The summed E-state index contributed by atoms with van der Waals surface area (Å²) in [5, 5.41) is 5.65. The lowest BCUT2D eigenvalue weighted by atomic mass is 9.97. The predicted octanol–water partition coefficient (Wildman–Crippen LogP) is 1.96. The van der Waals surface area contributed by atoms with Crippen molar-refractivity contribution in [2.45, 2.75) is 27.2 Å². The summed E-state index contributed by atoms with van der Waals surface area (Å²) in [7, 11) is 0. The molecule has 4 heteroatoms. The fraction of sp³-hybridized carbons (Fsp3) is 0.429. The van der Waals surface area contributed by atoms with Crippen LogP contribution in [0.15, 0.2) is 18.2 Å². The molecule has 1 aromatic carbocycles. The molecule has 0 saturated carbocycles. The number of benzene rings is 1. The number of hydrogen-bond donors (Lipinski definition) is 2. The van der Waals surface area contributed by atoms with E-state index in [2.05, 4.69) is 31.4 Å². The molecular weight excluding hydrogens is 228 g/mol. The van der Waals surface area contributed by atoms with Crippen LogP contribution in [0.2, 0.25) is 0 Å². The molecule has 0 unspecified atom stereocenters. The van der Waals surface area contributed by atoms with Gasteiger partial charge in [0.05, 0.1) is 6.42 Å². The summed E-state index contributed by atoms with van der Waals surface area (Å²) in [6.07, 6.45) is 0.357. The van der Waals surface area contributed by atoms with Crippen molar-refractivity contribution in [3.63, 3.8) is 0 Å². The van der Waals surface area contributed by atoms with Gasteiger partial charge in [0.1, 0.15) is 0 Å². The average Bonchev–Trinajstić information content (AvgIpc) is 2.63. The third kappa shape index (κ3) is 2.88. The first-order valence-electron chi connectivity index (χ1n) is 6.06. The van der Waals surface area contributed by atoms with Crippen molar-refractivity contribution in [2.75, 3.05) is 11.9 Å². The number of rotatable bonds is 2. The van der Waals surface area contributed by atoms with E-state index in [-0.39, 0.29) is 17.2 Å². The molecule has 4 nitrogen and oxygen atoms in total. The Morgan fingerprint density at radius 2 is 2.11 bits per heavy atom. The Morgan fingerprint density at radius 1 is 1.39 bits per heavy atom. The van der Waals surface area contributed by atoms with E-state index in [9.17, 15) is 9.59 Å². The maximum Gasteiger partial charge on any atom is 0.251 e. The van der Waals surface area contributed by atoms with Crippen molar-refractivity contribution < 1.29 is 9.59 Å². The van der Waals surface area contributed by atoms with Crippen molar-refractivity contribution in [3.8, 4) is 0 Å². The molecule has 96 valence electrons. The zero-order valence-corrected chi connectivity index (χ0v) is 11.0. The smallest absolute Gasteiger partial charge is 0.251 e. The molecule has 0 saturated heterocycles. The van der Waals surface area contributed by atoms with E-state index in [4.69, 9.17) is 0 Å². The SMILES string of the molecule is CC(C)(C)CNC(=O)c1ccc2c(c1)CC(=O)N2. The van der Waals surface area contributed by atoms with Crippen LogP contribution in [0.3, 0.4) is 0 Å². The van der Waals surface area contributed by atoms with Crippen LogP contribution in [-0.2, 0) is 11.2 Å². The molecule has 0 atom stereocenters. The minimum Gasteiger partial charge on any atom is -0.352 e. The molecule has 0 bridgehead atoms.